The number of hydrogen-bond donors (Lipinski definition) is 0. The molecule has 176 valence electrons. The molecule has 2 fully saturated rings. The lowest BCUT2D eigenvalue weighted by Crippen LogP contribution is -2.44. The van der Waals surface area contributed by atoms with Crippen molar-refractivity contribution in [3.8, 4) is 11.3 Å². The van der Waals surface area contributed by atoms with Crippen LogP contribution in [0, 0.1) is 12.7 Å². The molecule has 1 aliphatic carbocycles. The Morgan fingerprint density at radius 3 is 2.41 bits per heavy atom. The van der Waals surface area contributed by atoms with E-state index >= 15 is 4.39 Å². The van der Waals surface area contributed by atoms with Crippen LogP contribution in [0.5, 0.6) is 0 Å². The van der Waals surface area contributed by atoms with Gasteiger partial charge in [0.05, 0.1) is 18.8 Å². The number of furan rings is 1. The van der Waals surface area contributed by atoms with Crippen molar-refractivity contribution in [3.05, 3.63) is 65.6 Å². The fourth-order valence-corrected chi connectivity index (χ4v) is 6.15. The molecule has 6 rings (SSSR count). The Balaban J connectivity index is 1.42. The Morgan fingerprint density at radius 2 is 1.65 bits per heavy atom. The molecule has 5 heteroatoms. The molecule has 34 heavy (non-hydrogen) atoms. The normalized spacial score (nSPS) is 22.0. The highest BCUT2D eigenvalue weighted by molar-refractivity contribution is 6.10. The summed E-state index contributed by atoms with van der Waals surface area (Å²) in [5.41, 5.74) is 5.69. The number of ether oxygens (including phenoxy) is 1. The van der Waals surface area contributed by atoms with Gasteiger partial charge in [0.2, 0.25) is 5.69 Å². The third-order valence-corrected chi connectivity index (χ3v) is 7.98. The molecule has 1 saturated carbocycles. The van der Waals surface area contributed by atoms with Crippen molar-refractivity contribution in [2.75, 3.05) is 26.3 Å². The summed E-state index contributed by atoms with van der Waals surface area (Å²) in [7, 11) is 2.05. The lowest BCUT2D eigenvalue weighted by atomic mass is 9.80. The number of aryl methyl sites for hydroxylation is 2. The highest BCUT2D eigenvalue weighted by Crippen LogP contribution is 2.44. The molecule has 0 bridgehead atoms. The minimum absolute atomic E-state index is 0.134. The van der Waals surface area contributed by atoms with Gasteiger partial charge in [0.15, 0.2) is 6.20 Å². The molecule has 0 unspecified atom stereocenters. The average molecular weight is 460 g/mol. The zero-order valence-corrected chi connectivity index (χ0v) is 20.0. The molecule has 0 radical (unpaired) electrons. The second kappa shape index (κ2) is 8.79. The lowest BCUT2D eigenvalue weighted by molar-refractivity contribution is -0.660. The largest absolute Gasteiger partial charge is 0.455 e. The molecule has 4 nitrogen and oxygen atoms in total. The van der Waals surface area contributed by atoms with Crippen LogP contribution in [0.4, 0.5) is 4.39 Å². The van der Waals surface area contributed by atoms with E-state index in [-0.39, 0.29) is 11.7 Å². The summed E-state index contributed by atoms with van der Waals surface area (Å²) in [5.74, 6) is 0.0591. The van der Waals surface area contributed by atoms with Gasteiger partial charge >= 0.3 is 0 Å². The summed E-state index contributed by atoms with van der Waals surface area (Å²) in [6, 6.07) is 14.6. The van der Waals surface area contributed by atoms with Gasteiger partial charge in [-0.05, 0) is 62.3 Å². The van der Waals surface area contributed by atoms with Crippen LogP contribution in [0.3, 0.4) is 0 Å². The summed E-state index contributed by atoms with van der Waals surface area (Å²) < 4.78 is 29.6. The van der Waals surface area contributed by atoms with Crippen molar-refractivity contribution in [2.45, 2.75) is 44.6 Å². The molecule has 0 amide bonds. The van der Waals surface area contributed by atoms with E-state index in [4.69, 9.17) is 9.15 Å². The van der Waals surface area contributed by atoms with Crippen LogP contribution in [-0.2, 0) is 11.8 Å². The van der Waals surface area contributed by atoms with Crippen molar-refractivity contribution in [1.82, 2.24) is 4.90 Å². The van der Waals surface area contributed by atoms with Gasteiger partial charge in [-0.2, -0.15) is 0 Å². The molecule has 1 aliphatic heterocycles. The Morgan fingerprint density at radius 1 is 0.912 bits per heavy atom. The van der Waals surface area contributed by atoms with Crippen LogP contribution in [0.2, 0.25) is 0 Å². The van der Waals surface area contributed by atoms with E-state index in [1.54, 1.807) is 6.07 Å². The first-order valence-electron chi connectivity index (χ1n) is 12.5. The molecule has 4 aromatic rings. The van der Waals surface area contributed by atoms with E-state index in [9.17, 15) is 0 Å². The van der Waals surface area contributed by atoms with Crippen LogP contribution in [-0.4, -0.2) is 37.2 Å². The quantitative estimate of drug-likeness (QED) is 0.358. The van der Waals surface area contributed by atoms with Crippen LogP contribution < -0.4 is 4.57 Å². The summed E-state index contributed by atoms with van der Waals surface area (Å²) in [5, 5.41) is 2.07. The van der Waals surface area contributed by atoms with E-state index in [1.165, 1.54) is 0 Å². The maximum Gasteiger partial charge on any atom is 0.216 e. The highest BCUT2D eigenvalue weighted by Gasteiger charge is 2.31. The van der Waals surface area contributed by atoms with Gasteiger partial charge < -0.3 is 9.15 Å². The number of morpholine rings is 1. The third-order valence-electron chi connectivity index (χ3n) is 7.98. The van der Waals surface area contributed by atoms with E-state index in [1.807, 2.05) is 31.4 Å². The van der Waals surface area contributed by atoms with E-state index in [0.717, 1.165) is 96.3 Å². The highest BCUT2D eigenvalue weighted by atomic mass is 19.1. The Bertz CT molecular complexity index is 1350. The number of fused-ring (bicyclic) bond motifs is 3. The van der Waals surface area contributed by atoms with Crippen molar-refractivity contribution >= 4 is 21.9 Å². The number of nitrogens with zero attached hydrogens (tertiary/aromatic N) is 2. The predicted octanol–water partition coefficient (Wildman–Crippen LogP) is 5.88. The maximum absolute atomic E-state index is 15.4. The van der Waals surface area contributed by atoms with Crippen molar-refractivity contribution in [3.63, 3.8) is 0 Å². The van der Waals surface area contributed by atoms with Crippen molar-refractivity contribution < 1.29 is 18.1 Å². The Labute approximate surface area is 199 Å². The monoisotopic (exact) mass is 459 g/mol. The number of hydrogen-bond acceptors (Lipinski definition) is 3. The van der Waals surface area contributed by atoms with Gasteiger partial charge in [0, 0.05) is 47.6 Å². The fraction of sp³-hybridized carbons (Fsp3) is 0.414. The van der Waals surface area contributed by atoms with Crippen LogP contribution in [0.15, 0.2) is 53.1 Å². The lowest BCUT2D eigenvalue weighted by Gasteiger charge is -2.38. The number of halogens is 1. The van der Waals surface area contributed by atoms with E-state index < -0.39 is 0 Å². The second-order valence-corrected chi connectivity index (χ2v) is 9.92. The molecular weight excluding hydrogens is 427 g/mol. The minimum Gasteiger partial charge on any atom is -0.455 e. The number of rotatable bonds is 3. The molecular formula is C29H32FN2O2+. The van der Waals surface area contributed by atoms with Crippen molar-refractivity contribution in [2.24, 2.45) is 7.05 Å². The number of pyridine rings is 1. The van der Waals surface area contributed by atoms with Crippen LogP contribution >= 0.6 is 0 Å². The molecule has 2 aliphatic rings. The number of benzene rings is 2. The first-order valence-corrected chi connectivity index (χ1v) is 12.5. The maximum atomic E-state index is 15.4. The first kappa shape index (κ1) is 21.8. The fourth-order valence-electron chi connectivity index (χ4n) is 6.15. The summed E-state index contributed by atoms with van der Waals surface area (Å²) in [6.07, 6.45) is 6.24. The first-order chi connectivity index (χ1) is 16.6. The summed E-state index contributed by atoms with van der Waals surface area (Å²) >= 11 is 0. The van der Waals surface area contributed by atoms with Crippen LogP contribution in [0.25, 0.3) is 33.2 Å². The van der Waals surface area contributed by atoms with E-state index in [2.05, 4.69) is 34.6 Å². The molecule has 1 saturated heterocycles. The van der Waals surface area contributed by atoms with Gasteiger partial charge in [-0.1, -0.05) is 12.1 Å². The molecule has 0 atom stereocenters. The van der Waals surface area contributed by atoms with Gasteiger partial charge in [0.25, 0.3) is 0 Å². The Hall–Kier alpha value is -2.76. The topological polar surface area (TPSA) is 29.5 Å². The predicted molar refractivity (Wildman–Crippen MR) is 132 cm³/mol. The van der Waals surface area contributed by atoms with Crippen LogP contribution in [0.1, 0.15) is 42.7 Å². The molecule has 3 heterocycles. The average Bonchev–Trinajstić information content (AvgIpc) is 3.24. The minimum atomic E-state index is -0.134. The molecule has 2 aromatic carbocycles. The molecule has 0 N–H and O–H groups in total. The zero-order valence-electron chi connectivity index (χ0n) is 20.0. The van der Waals surface area contributed by atoms with Gasteiger partial charge in [-0.15, -0.1) is 0 Å². The van der Waals surface area contributed by atoms with Gasteiger partial charge in [-0.3, -0.25) is 4.90 Å². The summed E-state index contributed by atoms with van der Waals surface area (Å²) in [6.45, 7) is 5.80. The van der Waals surface area contributed by atoms with Gasteiger partial charge in [-0.25, -0.2) is 8.96 Å². The molecule has 0 spiro atoms. The SMILES string of the molecule is Cc1ccc2c(oc3c(C4CCC(N5CCOCC5)CC4)c(F)ccc32)c1-c1cccc[n+]1C. The number of aromatic nitrogens is 1. The Kier molecular flexibility index (Phi) is 5.62. The van der Waals surface area contributed by atoms with Crippen molar-refractivity contribution in [1.29, 1.82) is 0 Å². The van der Waals surface area contributed by atoms with E-state index in [0.29, 0.717) is 6.04 Å². The van der Waals surface area contributed by atoms with Gasteiger partial charge in [0.1, 0.15) is 24.0 Å². The molecule has 2 aromatic heterocycles. The second-order valence-electron chi connectivity index (χ2n) is 9.92. The zero-order chi connectivity index (χ0) is 23.2. The standard InChI is InChI=1S/C29H32FN2O2/c1-19-6-11-22-23-12-13-24(30)27(20-7-9-21(10-8-20)32-15-17-33-18-16-32)29(23)34-28(22)26(19)25-5-3-4-14-31(25)2/h3-6,11-14,20-21H,7-10,15-18H2,1-2H3/q+1. The summed E-state index contributed by atoms with van der Waals surface area (Å²) in [4.78, 5) is 2.56. The smallest absolute Gasteiger partial charge is 0.216 e. The third kappa shape index (κ3) is 3.62.